The number of hydrogen-bond donors (Lipinski definition) is 2. The van der Waals surface area contributed by atoms with Gasteiger partial charge in [0.1, 0.15) is 0 Å². The molecule has 4 heteroatoms. The number of rotatable bonds is 6. The van der Waals surface area contributed by atoms with Gasteiger partial charge in [-0.2, -0.15) is 0 Å². The molecule has 2 aliphatic carbocycles. The van der Waals surface area contributed by atoms with Crippen molar-refractivity contribution in [1.82, 2.24) is 5.32 Å². The minimum absolute atomic E-state index is 0.0182. The highest BCUT2D eigenvalue weighted by molar-refractivity contribution is 6.31. The summed E-state index contributed by atoms with van der Waals surface area (Å²) in [7, 11) is 0. The Labute approximate surface area is 125 Å². The molecule has 2 saturated carbocycles. The van der Waals surface area contributed by atoms with Crippen LogP contribution in [0.2, 0.25) is 5.02 Å². The Hall–Kier alpha value is -1.22. The molecule has 1 amide bonds. The lowest BCUT2D eigenvalue weighted by molar-refractivity contribution is 0.0943. The molecule has 0 saturated heterocycles. The van der Waals surface area contributed by atoms with Gasteiger partial charge in [-0.15, -0.1) is 0 Å². The van der Waals surface area contributed by atoms with Crippen LogP contribution in [0.3, 0.4) is 0 Å². The van der Waals surface area contributed by atoms with Crippen LogP contribution >= 0.6 is 11.6 Å². The first kappa shape index (κ1) is 13.7. The standard InChI is InChI=1S/C16H21ClN2O/c1-2-18-14-6-5-12(17)9-13(14)15(20)19-10-16(7-8-16)11-3-4-11/h5-6,9,11,18H,2-4,7-8,10H2,1H3,(H,19,20). The molecular formula is C16H21ClN2O. The highest BCUT2D eigenvalue weighted by Crippen LogP contribution is 2.60. The lowest BCUT2D eigenvalue weighted by Gasteiger charge is -2.16. The zero-order chi connectivity index (χ0) is 14.2. The number of nitrogens with one attached hydrogen (secondary N) is 2. The van der Waals surface area contributed by atoms with Crippen molar-refractivity contribution in [3.05, 3.63) is 28.8 Å². The van der Waals surface area contributed by atoms with Gasteiger partial charge < -0.3 is 10.6 Å². The van der Waals surface area contributed by atoms with Gasteiger partial charge in [0.05, 0.1) is 5.56 Å². The second-order valence-corrected chi connectivity index (χ2v) is 6.48. The number of hydrogen-bond acceptors (Lipinski definition) is 2. The van der Waals surface area contributed by atoms with E-state index in [9.17, 15) is 4.79 Å². The van der Waals surface area contributed by atoms with E-state index in [0.29, 0.717) is 16.0 Å². The molecule has 0 aromatic heterocycles. The van der Waals surface area contributed by atoms with Gasteiger partial charge in [0.2, 0.25) is 0 Å². The Kier molecular flexibility index (Phi) is 3.63. The molecule has 108 valence electrons. The normalized spacial score (nSPS) is 19.5. The molecule has 1 aromatic carbocycles. The second-order valence-electron chi connectivity index (χ2n) is 6.04. The third-order valence-corrected chi connectivity index (χ3v) is 4.77. The largest absolute Gasteiger partial charge is 0.385 e. The number of amides is 1. The molecule has 0 heterocycles. The van der Waals surface area contributed by atoms with Crippen molar-refractivity contribution in [3.63, 3.8) is 0 Å². The van der Waals surface area contributed by atoms with Crippen molar-refractivity contribution < 1.29 is 4.79 Å². The van der Waals surface area contributed by atoms with Crippen molar-refractivity contribution in [2.24, 2.45) is 11.3 Å². The Balaban J connectivity index is 1.68. The van der Waals surface area contributed by atoms with Gasteiger partial charge >= 0.3 is 0 Å². The summed E-state index contributed by atoms with van der Waals surface area (Å²) in [6, 6.07) is 5.42. The summed E-state index contributed by atoms with van der Waals surface area (Å²) in [5.74, 6) is 0.839. The molecular weight excluding hydrogens is 272 g/mol. The van der Waals surface area contributed by atoms with Crippen molar-refractivity contribution in [2.45, 2.75) is 32.6 Å². The van der Waals surface area contributed by atoms with Gasteiger partial charge in [0, 0.05) is 23.8 Å². The third-order valence-electron chi connectivity index (χ3n) is 4.53. The van der Waals surface area contributed by atoms with Gasteiger partial charge in [0.25, 0.3) is 5.91 Å². The van der Waals surface area contributed by atoms with E-state index < -0.39 is 0 Å². The summed E-state index contributed by atoms with van der Waals surface area (Å²) >= 11 is 6.02. The van der Waals surface area contributed by atoms with E-state index in [4.69, 9.17) is 11.6 Å². The lowest BCUT2D eigenvalue weighted by atomic mass is 10.0. The molecule has 3 nitrogen and oxygen atoms in total. The number of anilines is 1. The molecule has 1 aromatic rings. The summed E-state index contributed by atoms with van der Waals surface area (Å²) in [4.78, 5) is 12.4. The Morgan fingerprint density at radius 2 is 2.15 bits per heavy atom. The van der Waals surface area contributed by atoms with E-state index in [1.54, 1.807) is 6.07 Å². The van der Waals surface area contributed by atoms with E-state index in [1.807, 2.05) is 19.1 Å². The molecule has 0 spiro atoms. The SMILES string of the molecule is CCNc1ccc(Cl)cc1C(=O)NCC1(C2CC2)CC1. The fourth-order valence-corrected chi connectivity index (χ4v) is 3.16. The molecule has 2 N–H and O–H groups in total. The molecule has 0 radical (unpaired) electrons. The Morgan fingerprint density at radius 1 is 1.40 bits per heavy atom. The fourth-order valence-electron chi connectivity index (χ4n) is 2.99. The van der Waals surface area contributed by atoms with Crippen molar-refractivity contribution >= 4 is 23.2 Å². The van der Waals surface area contributed by atoms with Gasteiger partial charge in [-0.1, -0.05) is 11.6 Å². The number of halogens is 1. The summed E-state index contributed by atoms with van der Waals surface area (Å²) in [6.07, 6.45) is 5.23. The van der Waals surface area contributed by atoms with Crippen LogP contribution in [0.1, 0.15) is 43.0 Å². The average molecular weight is 293 g/mol. The summed E-state index contributed by atoms with van der Waals surface area (Å²) in [5.41, 5.74) is 1.92. The van der Waals surface area contributed by atoms with E-state index in [2.05, 4.69) is 10.6 Å². The molecule has 0 unspecified atom stereocenters. The predicted octanol–water partition coefficient (Wildman–Crippen LogP) is 3.69. The Bertz CT molecular complexity index is 521. The van der Waals surface area contributed by atoms with Gasteiger partial charge in [-0.3, -0.25) is 4.79 Å². The highest BCUT2D eigenvalue weighted by atomic mass is 35.5. The van der Waals surface area contributed by atoms with Crippen molar-refractivity contribution in [2.75, 3.05) is 18.4 Å². The second kappa shape index (κ2) is 5.28. The minimum atomic E-state index is -0.0182. The summed E-state index contributed by atoms with van der Waals surface area (Å²) in [6.45, 7) is 3.62. The molecule has 20 heavy (non-hydrogen) atoms. The molecule has 0 aliphatic heterocycles. The van der Waals surface area contributed by atoms with E-state index >= 15 is 0 Å². The van der Waals surface area contributed by atoms with Crippen LogP contribution in [0.4, 0.5) is 5.69 Å². The van der Waals surface area contributed by atoms with Crippen LogP contribution in [0, 0.1) is 11.3 Å². The van der Waals surface area contributed by atoms with E-state index in [0.717, 1.165) is 24.7 Å². The summed E-state index contributed by atoms with van der Waals surface area (Å²) < 4.78 is 0. The number of carbonyl (C=O) groups is 1. The first-order valence-electron chi connectivity index (χ1n) is 7.46. The molecule has 3 rings (SSSR count). The van der Waals surface area contributed by atoms with Crippen molar-refractivity contribution in [1.29, 1.82) is 0 Å². The Morgan fingerprint density at radius 3 is 2.75 bits per heavy atom. The minimum Gasteiger partial charge on any atom is -0.385 e. The number of benzene rings is 1. The topological polar surface area (TPSA) is 41.1 Å². The first-order valence-corrected chi connectivity index (χ1v) is 7.84. The van der Waals surface area contributed by atoms with Crippen LogP contribution in [0.5, 0.6) is 0 Å². The third kappa shape index (κ3) is 2.78. The predicted molar refractivity (Wildman–Crippen MR) is 82.3 cm³/mol. The van der Waals surface area contributed by atoms with Crippen LogP contribution < -0.4 is 10.6 Å². The maximum atomic E-state index is 12.4. The molecule has 0 bridgehead atoms. The van der Waals surface area contributed by atoms with Crippen LogP contribution in [-0.4, -0.2) is 19.0 Å². The molecule has 0 atom stereocenters. The van der Waals surface area contributed by atoms with Crippen LogP contribution in [0.15, 0.2) is 18.2 Å². The van der Waals surface area contributed by atoms with Gasteiger partial charge in [0.15, 0.2) is 0 Å². The van der Waals surface area contributed by atoms with Gasteiger partial charge in [-0.05, 0) is 62.1 Å². The smallest absolute Gasteiger partial charge is 0.253 e. The van der Waals surface area contributed by atoms with E-state index in [-0.39, 0.29) is 5.91 Å². The quantitative estimate of drug-likeness (QED) is 0.839. The number of carbonyl (C=O) groups excluding carboxylic acids is 1. The lowest BCUT2D eigenvalue weighted by Crippen LogP contribution is -2.31. The zero-order valence-corrected chi connectivity index (χ0v) is 12.6. The first-order chi connectivity index (χ1) is 9.64. The fraction of sp³-hybridized carbons (Fsp3) is 0.562. The van der Waals surface area contributed by atoms with Crippen molar-refractivity contribution in [3.8, 4) is 0 Å². The average Bonchev–Trinajstić information content (AvgIpc) is 3.29. The monoisotopic (exact) mass is 292 g/mol. The molecule has 2 fully saturated rings. The highest BCUT2D eigenvalue weighted by Gasteiger charge is 2.53. The zero-order valence-electron chi connectivity index (χ0n) is 11.8. The van der Waals surface area contributed by atoms with Crippen LogP contribution in [0.25, 0.3) is 0 Å². The van der Waals surface area contributed by atoms with Crippen LogP contribution in [-0.2, 0) is 0 Å². The van der Waals surface area contributed by atoms with Gasteiger partial charge in [-0.25, -0.2) is 0 Å². The maximum Gasteiger partial charge on any atom is 0.253 e. The van der Waals surface area contributed by atoms with E-state index in [1.165, 1.54) is 25.7 Å². The summed E-state index contributed by atoms with van der Waals surface area (Å²) in [5, 5.41) is 6.92. The maximum absolute atomic E-state index is 12.4. The molecule has 2 aliphatic rings.